The SMILES string of the molecule is CCN(CC)CCN(C(=O)CS(=O)(=O)c1ccc(Cl)cc1)c1nc2c(C)cc(Cl)cc2s1.Cl. The molecule has 1 heterocycles. The van der Waals surface area contributed by atoms with Gasteiger partial charge in [0.05, 0.1) is 15.1 Å². The molecule has 0 fully saturated rings. The molecule has 3 aromatic rings. The van der Waals surface area contributed by atoms with E-state index in [4.69, 9.17) is 23.2 Å². The van der Waals surface area contributed by atoms with Gasteiger partial charge in [-0.25, -0.2) is 13.4 Å². The van der Waals surface area contributed by atoms with E-state index in [1.54, 1.807) is 0 Å². The molecule has 0 aliphatic heterocycles. The van der Waals surface area contributed by atoms with Crippen molar-refractivity contribution in [3.8, 4) is 0 Å². The highest BCUT2D eigenvalue weighted by molar-refractivity contribution is 7.92. The van der Waals surface area contributed by atoms with Crippen LogP contribution in [-0.2, 0) is 14.6 Å². The molecule has 6 nitrogen and oxygen atoms in total. The van der Waals surface area contributed by atoms with Crippen LogP contribution in [0.1, 0.15) is 19.4 Å². The Hall–Kier alpha value is -1.42. The number of nitrogens with zero attached hydrogens (tertiary/aromatic N) is 3. The predicted octanol–water partition coefficient (Wildman–Crippen LogP) is 5.48. The van der Waals surface area contributed by atoms with Gasteiger partial charge < -0.3 is 4.90 Å². The number of aromatic nitrogens is 1. The highest BCUT2D eigenvalue weighted by Crippen LogP contribution is 2.33. The number of thiazole rings is 1. The first-order chi connectivity index (χ1) is 15.1. The normalized spacial score (nSPS) is 11.6. The van der Waals surface area contributed by atoms with Gasteiger partial charge in [-0.3, -0.25) is 9.69 Å². The van der Waals surface area contributed by atoms with Gasteiger partial charge in [0.2, 0.25) is 5.91 Å². The Morgan fingerprint density at radius 2 is 1.67 bits per heavy atom. The lowest BCUT2D eigenvalue weighted by Crippen LogP contribution is -2.41. The lowest BCUT2D eigenvalue weighted by molar-refractivity contribution is -0.116. The zero-order valence-corrected chi connectivity index (χ0v) is 22.5. The number of carbonyl (C=O) groups excluding carboxylic acids is 1. The number of carbonyl (C=O) groups is 1. The summed E-state index contributed by atoms with van der Waals surface area (Å²) in [4.78, 5) is 21.6. The maximum Gasteiger partial charge on any atom is 0.244 e. The number of likely N-dealkylation sites (N-methyl/N-ethyl adjacent to an activating group) is 1. The molecule has 11 heteroatoms. The van der Waals surface area contributed by atoms with Crippen molar-refractivity contribution in [1.82, 2.24) is 9.88 Å². The van der Waals surface area contributed by atoms with Gasteiger partial charge in [-0.05, 0) is 62.0 Å². The second kappa shape index (κ2) is 11.8. The van der Waals surface area contributed by atoms with Crippen LogP contribution in [0.3, 0.4) is 0 Å². The van der Waals surface area contributed by atoms with E-state index >= 15 is 0 Å². The van der Waals surface area contributed by atoms with Crippen molar-refractivity contribution in [3.05, 3.63) is 52.0 Å². The minimum Gasteiger partial charge on any atom is -0.302 e. The van der Waals surface area contributed by atoms with Gasteiger partial charge in [0, 0.05) is 23.1 Å². The van der Waals surface area contributed by atoms with Crippen LogP contribution < -0.4 is 4.90 Å². The summed E-state index contributed by atoms with van der Waals surface area (Å²) in [6, 6.07) is 9.44. The van der Waals surface area contributed by atoms with Crippen LogP contribution in [0, 0.1) is 6.92 Å². The lowest BCUT2D eigenvalue weighted by Gasteiger charge is -2.24. The fourth-order valence-corrected chi connectivity index (χ4v) is 6.12. The lowest BCUT2D eigenvalue weighted by atomic mass is 10.2. The Balaban J connectivity index is 0.00000385. The average molecular weight is 551 g/mol. The number of aryl methyl sites for hydroxylation is 1. The molecule has 0 aliphatic carbocycles. The molecule has 0 spiro atoms. The summed E-state index contributed by atoms with van der Waals surface area (Å²) >= 11 is 13.4. The number of benzene rings is 2. The number of hydrogen-bond acceptors (Lipinski definition) is 6. The fraction of sp³-hybridized carbons (Fsp3) is 0.364. The molecule has 1 amide bonds. The zero-order valence-electron chi connectivity index (χ0n) is 18.5. The maximum atomic E-state index is 13.3. The van der Waals surface area contributed by atoms with E-state index in [1.165, 1.54) is 40.5 Å². The van der Waals surface area contributed by atoms with E-state index in [0.29, 0.717) is 28.3 Å². The first-order valence-corrected chi connectivity index (χ1v) is 13.4. The quantitative estimate of drug-likeness (QED) is 0.353. The molecule has 3 rings (SSSR count). The average Bonchev–Trinajstić information content (AvgIpc) is 3.15. The van der Waals surface area contributed by atoms with Crippen LogP contribution in [0.15, 0.2) is 41.3 Å². The first kappa shape index (κ1) is 27.8. The standard InChI is InChI=1S/C22H25Cl2N3O3S2.ClH/c1-4-26(5-2)10-11-27(22-25-21-15(3)12-17(24)13-19(21)31-22)20(28)14-32(29,30)18-8-6-16(23)7-9-18;/h6-9,12-13H,4-5,10-11,14H2,1-3H3;1H. The third-order valence-corrected chi connectivity index (χ3v) is 8.30. The molecule has 0 saturated carbocycles. The van der Waals surface area contributed by atoms with Gasteiger partial charge in [-0.2, -0.15) is 0 Å². The summed E-state index contributed by atoms with van der Waals surface area (Å²) in [6.07, 6.45) is 0. The van der Waals surface area contributed by atoms with E-state index in [-0.39, 0.29) is 17.3 Å². The van der Waals surface area contributed by atoms with E-state index in [9.17, 15) is 13.2 Å². The summed E-state index contributed by atoms with van der Waals surface area (Å²) in [5.41, 5.74) is 1.66. The predicted molar refractivity (Wildman–Crippen MR) is 140 cm³/mol. The second-order valence-corrected chi connectivity index (χ2v) is 11.2. The summed E-state index contributed by atoms with van der Waals surface area (Å²) in [5, 5.41) is 1.49. The monoisotopic (exact) mass is 549 g/mol. The minimum absolute atomic E-state index is 0. The van der Waals surface area contributed by atoms with Crippen molar-refractivity contribution in [3.63, 3.8) is 0 Å². The molecular weight excluding hydrogens is 525 g/mol. The molecule has 2 aromatic carbocycles. The Morgan fingerprint density at radius 3 is 2.27 bits per heavy atom. The third kappa shape index (κ3) is 6.81. The molecule has 0 radical (unpaired) electrons. The summed E-state index contributed by atoms with van der Waals surface area (Å²) < 4.78 is 26.6. The van der Waals surface area contributed by atoms with Crippen LogP contribution >= 0.6 is 46.9 Å². The Morgan fingerprint density at radius 1 is 1.03 bits per heavy atom. The molecule has 0 aliphatic rings. The number of anilines is 1. The van der Waals surface area contributed by atoms with Gasteiger partial charge in [0.25, 0.3) is 0 Å². The van der Waals surface area contributed by atoms with Gasteiger partial charge in [-0.1, -0.05) is 48.4 Å². The highest BCUT2D eigenvalue weighted by Gasteiger charge is 2.27. The zero-order chi connectivity index (χ0) is 23.5. The number of amides is 1. The molecule has 0 saturated heterocycles. The van der Waals surface area contributed by atoms with Gasteiger partial charge in [-0.15, -0.1) is 12.4 Å². The molecule has 0 N–H and O–H groups in total. The van der Waals surface area contributed by atoms with Crippen LogP contribution in [0.4, 0.5) is 5.13 Å². The molecule has 33 heavy (non-hydrogen) atoms. The van der Waals surface area contributed by atoms with Gasteiger partial charge in [0.15, 0.2) is 15.0 Å². The van der Waals surface area contributed by atoms with Crippen molar-refractivity contribution >= 4 is 78.0 Å². The highest BCUT2D eigenvalue weighted by atomic mass is 35.5. The fourth-order valence-electron chi connectivity index (χ4n) is 3.33. The minimum atomic E-state index is -3.83. The smallest absolute Gasteiger partial charge is 0.244 e. The molecule has 180 valence electrons. The summed E-state index contributed by atoms with van der Waals surface area (Å²) in [5.74, 6) is -1.17. The topological polar surface area (TPSA) is 70.6 Å². The summed E-state index contributed by atoms with van der Waals surface area (Å²) in [6.45, 7) is 8.60. The first-order valence-electron chi connectivity index (χ1n) is 10.2. The van der Waals surface area contributed by atoms with Crippen molar-refractivity contribution < 1.29 is 13.2 Å². The number of halogens is 3. The van der Waals surface area contributed by atoms with Gasteiger partial charge in [0.1, 0.15) is 5.75 Å². The van der Waals surface area contributed by atoms with Crippen LogP contribution in [-0.4, -0.2) is 56.1 Å². The van der Waals surface area contributed by atoms with E-state index in [1.807, 2.05) is 32.9 Å². The van der Waals surface area contributed by atoms with Gasteiger partial charge >= 0.3 is 0 Å². The largest absolute Gasteiger partial charge is 0.302 e. The number of hydrogen-bond donors (Lipinski definition) is 0. The van der Waals surface area contributed by atoms with Crippen molar-refractivity contribution in [1.29, 1.82) is 0 Å². The number of sulfone groups is 1. The van der Waals surface area contributed by atoms with E-state index in [2.05, 4.69) is 9.88 Å². The molecular formula is C22H26Cl3N3O3S2. The number of fused-ring (bicyclic) bond motifs is 1. The van der Waals surface area contributed by atoms with Crippen molar-refractivity contribution in [2.24, 2.45) is 0 Å². The van der Waals surface area contributed by atoms with Crippen LogP contribution in [0.2, 0.25) is 10.0 Å². The van der Waals surface area contributed by atoms with Crippen LogP contribution in [0.25, 0.3) is 10.2 Å². The Labute approximate surface area is 214 Å². The Kier molecular flexibility index (Phi) is 9.96. The second-order valence-electron chi connectivity index (χ2n) is 7.35. The summed E-state index contributed by atoms with van der Waals surface area (Å²) in [7, 11) is -3.83. The molecule has 1 aromatic heterocycles. The molecule has 0 bridgehead atoms. The van der Waals surface area contributed by atoms with E-state index < -0.39 is 21.5 Å². The Bertz CT molecular complexity index is 1210. The van der Waals surface area contributed by atoms with Crippen molar-refractivity contribution in [2.75, 3.05) is 36.8 Å². The maximum absolute atomic E-state index is 13.3. The van der Waals surface area contributed by atoms with Crippen molar-refractivity contribution in [2.45, 2.75) is 25.7 Å². The third-order valence-electron chi connectivity index (χ3n) is 5.19. The number of rotatable bonds is 9. The molecule has 0 atom stereocenters. The van der Waals surface area contributed by atoms with E-state index in [0.717, 1.165) is 28.9 Å². The van der Waals surface area contributed by atoms with Crippen LogP contribution in [0.5, 0.6) is 0 Å². The molecule has 0 unspecified atom stereocenters.